The monoisotopic (exact) mass is 314 g/mol. The van der Waals surface area contributed by atoms with Crippen molar-refractivity contribution in [2.45, 2.75) is 19.1 Å². The lowest BCUT2D eigenvalue weighted by atomic mass is 10.0. The fraction of sp³-hybridized carbons (Fsp3) is 0.600. The quantitative estimate of drug-likeness (QED) is 0.866. The van der Waals surface area contributed by atoms with Gasteiger partial charge in [0.25, 0.3) is 0 Å². The number of nitrogens with zero attached hydrogens (tertiary/aromatic N) is 1. The summed E-state index contributed by atoms with van der Waals surface area (Å²) in [6, 6.07) is 3.43. The van der Waals surface area contributed by atoms with E-state index in [-0.39, 0.29) is 6.04 Å². The summed E-state index contributed by atoms with van der Waals surface area (Å²) < 4.78 is 10.6. The van der Waals surface area contributed by atoms with Crippen LogP contribution in [-0.4, -0.2) is 56.4 Å². The van der Waals surface area contributed by atoms with Gasteiger partial charge in [0.05, 0.1) is 25.3 Å². The van der Waals surface area contributed by atoms with E-state index in [2.05, 4.69) is 10.2 Å². The number of benzene rings is 1. The minimum Gasteiger partial charge on any atom is -0.496 e. The first kappa shape index (κ1) is 16.4. The Hall–Kier alpha value is -1.01. The molecule has 1 fully saturated rings. The fourth-order valence-electron chi connectivity index (χ4n) is 2.66. The van der Waals surface area contributed by atoms with E-state index in [0.717, 1.165) is 26.2 Å². The van der Waals surface area contributed by atoms with Crippen LogP contribution >= 0.6 is 11.6 Å². The van der Waals surface area contributed by atoms with Crippen LogP contribution in [0.15, 0.2) is 12.1 Å². The number of nitrogens with one attached hydrogen (secondary N) is 1. The summed E-state index contributed by atoms with van der Waals surface area (Å²) in [4.78, 5) is 2.26. The van der Waals surface area contributed by atoms with Gasteiger partial charge in [0, 0.05) is 43.9 Å². The van der Waals surface area contributed by atoms with E-state index in [1.165, 1.54) is 0 Å². The Kier molecular flexibility index (Phi) is 5.70. The largest absolute Gasteiger partial charge is 0.496 e. The van der Waals surface area contributed by atoms with E-state index >= 15 is 0 Å². The van der Waals surface area contributed by atoms with Crippen LogP contribution in [0.4, 0.5) is 0 Å². The molecule has 2 N–H and O–H groups in total. The van der Waals surface area contributed by atoms with E-state index in [0.29, 0.717) is 22.1 Å². The van der Waals surface area contributed by atoms with Crippen molar-refractivity contribution >= 4 is 11.6 Å². The minimum absolute atomic E-state index is 0.00883. The molecule has 21 heavy (non-hydrogen) atoms. The maximum atomic E-state index is 10.7. The first-order chi connectivity index (χ1) is 10.1. The number of halogens is 1. The van der Waals surface area contributed by atoms with Crippen LogP contribution in [0.3, 0.4) is 0 Å². The summed E-state index contributed by atoms with van der Waals surface area (Å²) >= 11 is 6.18. The molecule has 6 heteroatoms. The molecule has 0 aromatic heterocycles. The molecule has 2 atom stereocenters. The second kappa shape index (κ2) is 7.31. The van der Waals surface area contributed by atoms with E-state index in [9.17, 15) is 5.11 Å². The Morgan fingerprint density at radius 1 is 1.19 bits per heavy atom. The fourth-order valence-corrected chi connectivity index (χ4v) is 2.91. The highest BCUT2D eigenvalue weighted by Crippen LogP contribution is 2.37. The smallest absolute Gasteiger partial charge is 0.141 e. The molecule has 2 rings (SSSR count). The standard InChI is InChI=1S/C15H23ClN2O3/c1-10(18-6-4-17-5-7-18)15(19)11-8-12(16)14(21-3)9-13(11)20-2/h8-10,15,17,19H,4-7H2,1-3H3. The predicted octanol–water partition coefficient (Wildman–Crippen LogP) is 1.68. The van der Waals surface area contributed by atoms with Gasteiger partial charge >= 0.3 is 0 Å². The van der Waals surface area contributed by atoms with Gasteiger partial charge in [-0.3, -0.25) is 4.90 Å². The van der Waals surface area contributed by atoms with Crippen molar-refractivity contribution in [1.82, 2.24) is 10.2 Å². The topological polar surface area (TPSA) is 54.0 Å². The third kappa shape index (κ3) is 3.61. The number of aliphatic hydroxyl groups is 1. The van der Waals surface area contributed by atoms with Gasteiger partial charge in [-0.05, 0) is 13.0 Å². The minimum atomic E-state index is -0.665. The van der Waals surface area contributed by atoms with Crippen molar-refractivity contribution < 1.29 is 14.6 Å². The van der Waals surface area contributed by atoms with Gasteiger partial charge < -0.3 is 19.9 Å². The van der Waals surface area contributed by atoms with Crippen LogP contribution in [0.5, 0.6) is 11.5 Å². The van der Waals surface area contributed by atoms with Gasteiger partial charge in [-0.25, -0.2) is 0 Å². The molecule has 118 valence electrons. The molecule has 0 aliphatic carbocycles. The van der Waals surface area contributed by atoms with Crippen LogP contribution in [-0.2, 0) is 0 Å². The van der Waals surface area contributed by atoms with Crippen molar-refractivity contribution in [3.05, 3.63) is 22.7 Å². The molecule has 2 unspecified atom stereocenters. The Morgan fingerprint density at radius 3 is 2.38 bits per heavy atom. The average Bonchev–Trinajstić information content (AvgIpc) is 2.54. The highest BCUT2D eigenvalue weighted by molar-refractivity contribution is 6.32. The molecule has 1 saturated heterocycles. The van der Waals surface area contributed by atoms with E-state index in [1.807, 2.05) is 6.92 Å². The van der Waals surface area contributed by atoms with Crippen molar-refractivity contribution in [2.24, 2.45) is 0 Å². The molecule has 1 heterocycles. The molecular weight excluding hydrogens is 292 g/mol. The summed E-state index contributed by atoms with van der Waals surface area (Å²) in [6.45, 7) is 5.75. The molecule has 1 aliphatic rings. The molecule has 1 aromatic rings. The zero-order valence-corrected chi connectivity index (χ0v) is 13.5. The van der Waals surface area contributed by atoms with Crippen LogP contribution in [0.1, 0.15) is 18.6 Å². The lowest BCUT2D eigenvalue weighted by molar-refractivity contribution is 0.0494. The lowest BCUT2D eigenvalue weighted by Crippen LogP contribution is -2.49. The Bertz CT molecular complexity index is 478. The molecule has 0 spiro atoms. The summed E-state index contributed by atoms with van der Waals surface area (Å²) in [5, 5.41) is 14.5. The second-order valence-corrected chi connectivity index (χ2v) is 5.61. The number of ether oxygens (including phenoxy) is 2. The lowest BCUT2D eigenvalue weighted by Gasteiger charge is -2.35. The Morgan fingerprint density at radius 2 is 1.81 bits per heavy atom. The molecule has 1 aromatic carbocycles. The number of aliphatic hydroxyl groups excluding tert-OH is 1. The summed E-state index contributed by atoms with van der Waals surface area (Å²) in [6.07, 6.45) is -0.665. The first-order valence-corrected chi connectivity index (χ1v) is 7.50. The molecule has 0 amide bonds. The second-order valence-electron chi connectivity index (χ2n) is 5.20. The van der Waals surface area contributed by atoms with Gasteiger partial charge in [-0.2, -0.15) is 0 Å². The van der Waals surface area contributed by atoms with Crippen LogP contribution in [0.2, 0.25) is 5.02 Å². The molecule has 0 bridgehead atoms. The first-order valence-electron chi connectivity index (χ1n) is 7.12. The van der Waals surface area contributed by atoms with Crippen LogP contribution in [0, 0.1) is 0 Å². The number of hydrogen-bond donors (Lipinski definition) is 2. The van der Waals surface area contributed by atoms with Crippen LogP contribution in [0.25, 0.3) is 0 Å². The van der Waals surface area contributed by atoms with E-state index in [1.54, 1.807) is 26.4 Å². The van der Waals surface area contributed by atoms with Gasteiger partial charge in [-0.15, -0.1) is 0 Å². The predicted molar refractivity (Wildman–Crippen MR) is 83.4 cm³/mol. The van der Waals surface area contributed by atoms with Gasteiger partial charge in [0.15, 0.2) is 0 Å². The van der Waals surface area contributed by atoms with Gasteiger partial charge in [-0.1, -0.05) is 11.6 Å². The zero-order valence-electron chi connectivity index (χ0n) is 12.7. The molecule has 0 saturated carbocycles. The number of hydrogen-bond acceptors (Lipinski definition) is 5. The van der Waals surface area contributed by atoms with Gasteiger partial charge in [0.1, 0.15) is 11.5 Å². The number of methoxy groups -OCH3 is 2. The zero-order chi connectivity index (χ0) is 15.4. The third-order valence-electron chi connectivity index (χ3n) is 4.01. The number of rotatable bonds is 5. The highest BCUT2D eigenvalue weighted by Gasteiger charge is 2.27. The summed E-state index contributed by atoms with van der Waals surface area (Å²) in [7, 11) is 3.13. The van der Waals surface area contributed by atoms with Crippen molar-refractivity contribution in [3.8, 4) is 11.5 Å². The normalized spacial score (nSPS) is 19.1. The summed E-state index contributed by atoms with van der Waals surface area (Å²) in [5.74, 6) is 1.13. The maximum absolute atomic E-state index is 10.7. The van der Waals surface area contributed by atoms with Crippen molar-refractivity contribution in [3.63, 3.8) is 0 Å². The Balaban J connectivity index is 2.24. The Labute approximate surface area is 130 Å². The maximum Gasteiger partial charge on any atom is 0.141 e. The van der Waals surface area contributed by atoms with Gasteiger partial charge in [0.2, 0.25) is 0 Å². The molecular formula is C15H23ClN2O3. The van der Waals surface area contributed by atoms with Crippen LogP contribution < -0.4 is 14.8 Å². The molecule has 5 nitrogen and oxygen atoms in total. The van der Waals surface area contributed by atoms with Crippen molar-refractivity contribution in [1.29, 1.82) is 0 Å². The van der Waals surface area contributed by atoms with E-state index in [4.69, 9.17) is 21.1 Å². The van der Waals surface area contributed by atoms with E-state index < -0.39 is 6.10 Å². The highest BCUT2D eigenvalue weighted by atomic mass is 35.5. The summed E-state index contributed by atoms with van der Waals surface area (Å²) in [5.41, 5.74) is 0.689. The molecule has 0 radical (unpaired) electrons. The SMILES string of the molecule is COc1cc(OC)c(C(O)C(C)N2CCNCC2)cc1Cl. The average molecular weight is 315 g/mol. The molecule has 1 aliphatic heterocycles. The third-order valence-corrected chi connectivity index (χ3v) is 4.30. The number of piperazine rings is 1. The van der Waals surface area contributed by atoms with Crippen molar-refractivity contribution in [2.75, 3.05) is 40.4 Å².